The van der Waals surface area contributed by atoms with Gasteiger partial charge in [-0.2, -0.15) is 0 Å². The molecule has 3 rings (SSSR count). The highest BCUT2D eigenvalue weighted by atomic mass is 16.2. The Balaban J connectivity index is 1.89. The molecule has 1 amide bonds. The van der Waals surface area contributed by atoms with Crippen LogP contribution in [0.1, 0.15) is 50.0 Å². The zero-order chi connectivity index (χ0) is 18.4. The lowest BCUT2D eigenvalue weighted by molar-refractivity contribution is 0.0677. The van der Waals surface area contributed by atoms with Crippen molar-refractivity contribution in [1.29, 1.82) is 0 Å². The van der Waals surface area contributed by atoms with Crippen molar-refractivity contribution < 1.29 is 4.79 Å². The number of hydrogen-bond donors (Lipinski definition) is 1. The number of rotatable bonds is 6. The summed E-state index contributed by atoms with van der Waals surface area (Å²) in [7, 11) is 0. The molecule has 1 aromatic heterocycles. The van der Waals surface area contributed by atoms with Crippen LogP contribution in [0.4, 0.5) is 5.82 Å². The highest BCUT2D eigenvalue weighted by molar-refractivity contribution is 5.93. The minimum absolute atomic E-state index is 0.00896. The summed E-state index contributed by atoms with van der Waals surface area (Å²) >= 11 is 0. The molecule has 0 spiro atoms. The first-order valence-electron chi connectivity index (χ1n) is 9.65. The molecule has 1 aliphatic heterocycles. The molecule has 1 N–H and O–H groups in total. The Kier molecular flexibility index (Phi) is 6.21. The zero-order valence-electron chi connectivity index (χ0n) is 15.7. The third-order valence-electron chi connectivity index (χ3n) is 4.76. The maximum absolute atomic E-state index is 13.0. The lowest BCUT2D eigenvalue weighted by Crippen LogP contribution is -2.39. The maximum Gasteiger partial charge on any atom is 0.272 e. The molecule has 138 valence electrons. The predicted molar refractivity (Wildman–Crippen MR) is 105 cm³/mol. The van der Waals surface area contributed by atoms with Gasteiger partial charge in [-0.15, -0.1) is 0 Å². The smallest absolute Gasteiger partial charge is 0.272 e. The number of carbonyl (C=O) groups is 1. The van der Waals surface area contributed by atoms with Crippen LogP contribution in [-0.4, -0.2) is 40.4 Å². The summed E-state index contributed by atoms with van der Waals surface area (Å²) in [5, 5.41) is 3.34. The van der Waals surface area contributed by atoms with Gasteiger partial charge in [0, 0.05) is 31.3 Å². The molecule has 5 nitrogen and oxygen atoms in total. The number of carbonyl (C=O) groups excluding carboxylic acids is 1. The van der Waals surface area contributed by atoms with Gasteiger partial charge in [-0.3, -0.25) is 4.79 Å². The summed E-state index contributed by atoms with van der Waals surface area (Å²) in [4.78, 5) is 24.2. The van der Waals surface area contributed by atoms with Gasteiger partial charge in [0.25, 0.3) is 5.91 Å². The number of nitrogens with zero attached hydrogens (tertiary/aromatic N) is 3. The highest BCUT2D eigenvalue weighted by Gasteiger charge is 2.24. The summed E-state index contributed by atoms with van der Waals surface area (Å²) in [5.74, 6) is 1.88. The van der Waals surface area contributed by atoms with Crippen LogP contribution >= 0.6 is 0 Å². The second kappa shape index (κ2) is 8.79. The van der Waals surface area contributed by atoms with Crippen molar-refractivity contribution in [3.8, 4) is 11.4 Å². The number of piperidine rings is 1. The number of amides is 1. The van der Waals surface area contributed by atoms with Gasteiger partial charge in [0.1, 0.15) is 11.5 Å². The molecule has 26 heavy (non-hydrogen) atoms. The van der Waals surface area contributed by atoms with Crippen molar-refractivity contribution in [2.45, 2.75) is 39.5 Å². The van der Waals surface area contributed by atoms with E-state index in [0.717, 1.165) is 50.3 Å². The van der Waals surface area contributed by atoms with Gasteiger partial charge < -0.3 is 10.2 Å². The molecule has 0 saturated carbocycles. The number of anilines is 1. The molecule has 0 aliphatic carbocycles. The normalized spacial score (nSPS) is 17.2. The minimum Gasteiger partial charge on any atom is -0.370 e. The maximum atomic E-state index is 13.0. The Hall–Kier alpha value is -2.43. The van der Waals surface area contributed by atoms with Crippen molar-refractivity contribution in [3.63, 3.8) is 0 Å². The van der Waals surface area contributed by atoms with E-state index in [0.29, 0.717) is 17.4 Å². The van der Waals surface area contributed by atoms with E-state index in [1.807, 2.05) is 35.2 Å². The molecule has 1 unspecified atom stereocenters. The van der Waals surface area contributed by atoms with Gasteiger partial charge in [0.2, 0.25) is 0 Å². The minimum atomic E-state index is 0.00896. The van der Waals surface area contributed by atoms with Gasteiger partial charge >= 0.3 is 0 Å². The molecule has 1 aromatic carbocycles. The fourth-order valence-corrected chi connectivity index (χ4v) is 3.29. The first-order chi connectivity index (χ1) is 12.7. The Labute approximate surface area is 155 Å². The number of aromatic nitrogens is 2. The Morgan fingerprint density at radius 2 is 2.08 bits per heavy atom. The summed E-state index contributed by atoms with van der Waals surface area (Å²) in [6, 6.07) is 11.6. The average Bonchev–Trinajstić information content (AvgIpc) is 2.68. The van der Waals surface area contributed by atoms with E-state index < -0.39 is 0 Å². The van der Waals surface area contributed by atoms with Crippen LogP contribution in [0.15, 0.2) is 36.4 Å². The quantitative estimate of drug-likeness (QED) is 0.791. The fourth-order valence-electron chi connectivity index (χ4n) is 3.29. The second-order valence-corrected chi connectivity index (χ2v) is 7.11. The van der Waals surface area contributed by atoms with Gasteiger partial charge in [0.05, 0.1) is 0 Å². The summed E-state index contributed by atoms with van der Waals surface area (Å²) in [6.45, 7) is 6.82. The Morgan fingerprint density at radius 3 is 2.81 bits per heavy atom. The van der Waals surface area contributed by atoms with Gasteiger partial charge in [0.15, 0.2) is 5.82 Å². The third-order valence-corrected chi connectivity index (χ3v) is 4.76. The largest absolute Gasteiger partial charge is 0.370 e. The SMILES string of the molecule is CCCCNc1cc(C(=O)N2CCCC(C)C2)nc(-c2ccccc2)n1. The van der Waals surface area contributed by atoms with E-state index in [2.05, 4.69) is 29.1 Å². The molecule has 0 bridgehead atoms. The lowest BCUT2D eigenvalue weighted by atomic mass is 10.00. The van der Waals surface area contributed by atoms with Crippen molar-refractivity contribution >= 4 is 11.7 Å². The molecular formula is C21H28N4O. The highest BCUT2D eigenvalue weighted by Crippen LogP contribution is 2.21. The van der Waals surface area contributed by atoms with Crippen LogP contribution in [0.2, 0.25) is 0 Å². The van der Waals surface area contributed by atoms with Crippen molar-refractivity contribution in [1.82, 2.24) is 14.9 Å². The van der Waals surface area contributed by atoms with Crippen LogP contribution in [0.5, 0.6) is 0 Å². The van der Waals surface area contributed by atoms with Gasteiger partial charge in [-0.25, -0.2) is 9.97 Å². The first kappa shape index (κ1) is 18.4. The summed E-state index contributed by atoms with van der Waals surface area (Å²) in [6.07, 6.45) is 4.43. The molecule has 5 heteroatoms. The number of unbranched alkanes of at least 4 members (excludes halogenated alkanes) is 1. The van der Waals surface area contributed by atoms with Crippen molar-refractivity contribution in [2.24, 2.45) is 5.92 Å². The Bertz CT molecular complexity index is 732. The number of benzene rings is 1. The van der Waals surface area contributed by atoms with E-state index in [4.69, 9.17) is 0 Å². The average molecular weight is 352 g/mol. The lowest BCUT2D eigenvalue weighted by Gasteiger charge is -2.30. The molecule has 0 radical (unpaired) electrons. The molecule has 1 aliphatic rings. The molecule has 1 atom stereocenters. The van der Waals surface area contributed by atoms with E-state index in [9.17, 15) is 4.79 Å². The molecule has 2 heterocycles. The first-order valence-corrected chi connectivity index (χ1v) is 9.65. The zero-order valence-corrected chi connectivity index (χ0v) is 15.7. The molecule has 1 fully saturated rings. The van der Waals surface area contributed by atoms with E-state index in [1.54, 1.807) is 6.07 Å². The van der Waals surface area contributed by atoms with Crippen LogP contribution in [-0.2, 0) is 0 Å². The van der Waals surface area contributed by atoms with Crippen molar-refractivity contribution in [2.75, 3.05) is 25.0 Å². The molecule has 1 saturated heterocycles. The third kappa shape index (κ3) is 4.59. The molecule has 2 aromatic rings. The van der Waals surface area contributed by atoms with E-state index in [-0.39, 0.29) is 5.91 Å². The number of likely N-dealkylation sites (tertiary alicyclic amines) is 1. The standard InChI is InChI=1S/C21H28N4O/c1-3-4-12-22-19-14-18(21(26)25-13-8-9-16(2)15-25)23-20(24-19)17-10-6-5-7-11-17/h5-7,10-11,14,16H,3-4,8-9,12-13,15H2,1-2H3,(H,22,23,24). The predicted octanol–water partition coefficient (Wildman–Crippen LogP) is 4.23. The second-order valence-electron chi connectivity index (χ2n) is 7.11. The van der Waals surface area contributed by atoms with E-state index in [1.165, 1.54) is 6.42 Å². The van der Waals surface area contributed by atoms with Crippen LogP contribution < -0.4 is 5.32 Å². The van der Waals surface area contributed by atoms with Crippen LogP contribution in [0.3, 0.4) is 0 Å². The number of hydrogen-bond acceptors (Lipinski definition) is 4. The topological polar surface area (TPSA) is 58.1 Å². The number of nitrogens with one attached hydrogen (secondary N) is 1. The summed E-state index contributed by atoms with van der Waals surface area (Å²) in [5.41, 5.74) is 1.40. The van der Waals surface area contributed by atoms with Crippen LogP contribution in [0, 0.1) is 5.92 Å². The van der Waals surface area contributed by atoms with Crippen LogP contribution in [0.25, 0.3) is 11.4 Å². The van der Waals surface area contributed by atoms with Gasteiger partial charge in [-0.05, 0) is 25.2 Å². The monoisotopic (exact) mass is 352 g/mol. The van der Waals surface area contributed by atoms with Gasteiger partial charge in [-0.1, -0.05) is 50.6 Å². The van der Waals surface area contributed by atoms with E-state index >= 15 is 0 Å². The molecular weight excluding hydrogens is 324 g/mol. The summed E-state index contributed by atoms with van der Waals surface area (Å²) < 4.78 is 0. The van der Waals surface area contributed by atoms with Crippen molar-refractivity contribution in [3.05, 3.63) is 42.1 Å². The fraction of sp³-hybridized carbons (Fsp3) is 0.476. The Morgan fingerprint density at radius 1 is 1.27 bits per heavy atom.